The monoisotopic (exact) mass is 688 g/mol. The third kappa shape index (κ3) is 4.85. The van der Waals surface area contributed by atoms with Gasteiger partial charge in [0.25, 0.3) is 0 Å². The summed E-state index contributed by atoms with van der Waals surface area (Å²) >= 11 is 0. The van der Waals surface area contributed by atoms with Gasteiger partial charge in [-0.05, 0) is 76.5 Å². The molecule has 0 amide bonds. The Balaban J connectivity index is 1.05. The molecule has 0 aliphatic rings. The van der Waals surface area contributed by atoms with Crippen LogP contribution in [-0.2, 0) is 0 Å². The van der Waals surface area contributed by atoms with Crippen LogP contribution in [0.15, 0.2) is 194 Å². The molecule has 0 N–H and O–H groups in total. The Morgan fingerprint density at radius 3 is 1.96 bits per heavy atom. The highest BCUT2D eigenvalue weighted by atomic mass is 15.0. The van der Waals surface area contributed by atoms with Gasteiger partial charge >= 0.3 is 0 Å². The standard InChI is InChI=1S/C50H32N4/c1-2-15-38(16-3-1)53-29-28-36-31-44-42-19-7-9-23-46(42)54(48(44)32-47(36)53)39-17-10-14-37(30-39)50-51-45-22-8-6-20-43(45)49(52-50)35-26-24-34(25-27-35)41-21-11-13-33-12-4-5-18-40(33)41/h1-32H. The van der Waals surface area contributed by atoms with Crippen LogP contribution in [-0.4, -0.2) is 19.1 Å². The zero-order valence-electron chi connectivity index (χ0n) is 29.3. The van der Waals surface area contributed by atoms with Gasteiger partial charge in [-0.2, -0.15) is 0 Å². The number of benzene rings is 8. The molecule has 0 aliphatic heterocycles. The van der Waals surface area contributed by atoms with Crippen LogP contribution in [0, 0.1) is 0 Å². The van der Waals surface area contributed by atoms with E-state index in [1.54, 1.807) is 0 Å². The lowest BCUT2D eigenvalue weighted by Gasteiger charge is -2.13. The molecule has 0 fully saturated rings. The molecule has 11 aromatic rings. The number of hydrogen-bond donors (Lipinski definition) is 0. The summed E-state index contributed by atoms with van der Waals surface area (Å²) in [5, 5.41) is 7.19. The molecule has 0 saturated heterocycles. The third-order valence-corrected chi connectivity index (χ3v) is 10.7. The van der Waals surface area contributed by atoms with Crippen molar-refractivity contribution in [1.29, 1.82) is 0 Å². The maximum absolute atomic E-state index is 5.30. The van der Waals surface area contributed by atoms with Crippen LogP contribution in [0.25, 0.3) is 99.5 Å². The minimum atomic E-state index is 0.699. The molecule has 0 spiro atoms. The Hall–Kier alpha value is -7.30. The van der Waals surface area contributed by atoms with E-state index in [4.69, 9.17) is 9.97 Å². The summed E-state index contributed by atoms with van der Waals surface area (Å²) < 4.78 is 4.65. The summed E-state index contributed by atoms with van der Waals surface area (Å²) in [6.07, 6.45) is 2.16. The van der Waals surface area contributed by atoms with Crippen molar-refractivity contribution in [3.63, 3.8) is 0 Å². The summed E-state index contributed by atoms with van der Waals surface area (Å²) in [6, 6.07) is 66.9. The molecule has 4 nitrogen and oxygen atoms in total. The Labute approximate surface area is 311 Å². The van der Waals surface area contributed by atoms with Crippen LogP contribution < -0.4 is 0 Å². The summed E-state index contributed by atoms with van der Waals surface area (Å²) in [5.74, 6) is 0.699. The van der Waals surface area contributed by atoms with E-state index in [1.165, 1.54) is 43.6 Å². The second kappa shape index (κ2) is 12.1. The van der Waals surface area contributed by atoms with Crippen molar-refractivity contribution in [2.24, 2.45) is 0 Å². The van der Waals surface area contributed by atoms with Crippen molar-refractivity contribution in [3.8, 4) is 45.1 Å². The number of hydrogen-bond acceptors (Lipinski definition) is 2. The minimum absolute atomic E-state index is 0.699. The summed E-state index contributed by atoms with van der Waals surface area (Å²) in [5.41, 5.74) is 12.0. The third-order valence-electron chi connectivity index (χ3n) is 10.7. The Bertz CT molecular complexity index is 3200. The molecule has 3 aromatic heterocycles. The molecule has 54 heavy (non-hydrogen) atoms. The quantitative estimate of drug-likeness (QED) is 0.180. The maximum atomic E-state index is 5.30. The average Bonchev–Trinajstić information content (AvgIpc) is 3.81. The predicted molar refractivity (Wildman–Crippen MR) is 225 cm³/mol. The van der Waals surface area contributed by atoms with Crippen LogP contribution in [0.3, 0.4) is 0 Å². The van der Waals surface area contributed by atoms with Crippen molar-refractivity contribution >= 4 is 54.4 Å². The van der Waals surface area contributed by atoms with E-state index in [1.807, 2.05) is 6.07 Å². The number of fused-ring (bicyclic) bond motifs is 6. The average molecular weight is 689 g/mol. The molecule has 0 unspecified atom stereocenters. The van der Waals surface area contributed by atoms with Crippen molar-refractivity contribution in [1.82, 2.24) is 19.1 Å². The zero-order valence-corrected chi connectivity index (χ0v) is 29.3. The summed E-state index contributed by atoms with van der Waals surface area (Å²) in [6.45, 7) is 0. The van der Waals surface area contributed by atoms with Gasteiger partial charge < -0.3 is 9.13 Å². The number of nitrogens with zero attached hydrogens (tertiary/aromatic N) is 4. The summed E-state index contributed by atoms with van der Waals surface area (Å²) in [7, 11) is 0. The fraction of sp³-hybridized carbons (Fsp3) is 0. The number of aromatic nitrogens is 4. The van der Waals surface area contributed by atoms with Crippen LogP contribution in [0.2, 0.25) is 0 Å². The predicted octanol–water partition coefficient (Wildman–Crippen LogP) is 12.8. The fourth-order valence-electron chi connectivity index (χ4n) is 8.18. The topological polar surface area (TPSA) is 35.6 Å². The second-order valence-electron chi connectivity index (χ2n) is 13.9. The SMILES string of the molecule is c1ccc(-n2ccc3cc4c5ccccc5n(-c5cccc(-c6nc(-c7ccc(-c8cccc9ccccc89)cc7)c7ccccc7n6)c5)c4cc32)cc1. The Kier molecular flexibility index (Phi) is 6.82. The first-order valence-electron chi connectivity index (χ1n) is 18.3. The first-order valence-corrected chi connectivity index (χ1v) is 18.3. The lowest BCUT2D eigenvalue weighted by molar-refractivity contribution is 1.12. The highest BCUT2D eigenvalue weighted by molar-refractivity contribution is 6.13. The van der Waals surface area contributed by atoms with E-state index in [0.29, 0.717) is 5.82 Å². The number of para-hydroxylation sites is 3. The van der Waals surface area contributed by atoms with Gasteiger partial charge in [0.15, 0.2) is 5.82 Å². The molecule has 8 aromatic carbocycles. The summed E-state index contributed by atoms with van der Waals surface area (Å²) in [4.78, 5) is 10.4. The molecular formula is C50H32N4. The smallest absolute Gasteiger partial charge is 0.160 e. The van der Waals surface area contributed by atoms with Gasteiger partial charge in [-0.1, -0.05) is 133 Å². The Morgan fingerprint density at radius 2 is 1.07 bits per heavy atom. The Morgan fingerprint density at radius 1 is 0.370 bits per heavy atom. The van der Waals surface area contributed by atoms with Crippen LogP contribution in [0.5, 0.6) is 0 Å². The molecule has 0 atom stereocenters. The molecule has 0 saturated carbocycles. The van der Waals surface area contributed by atoms with E-state index in [2.05, 4.69) is 197 Å². The van der Waals surface area contributed by atoms with Gasteiger partial charge in [0.2, 0.25) is 0 Å². The molecule has 0 radical (unpaired) electrons. The van der Waals surface area contributed by atoms with E-state index >= 15 is 0 Å². The van der Waals surface area contributed by atoms with Gasteiger partial charge in [-0.15, -0.1) is 0 Å². The van der Waals surface area contributed by atoms with Crippen molar-refractivity contribution in [2.75, 3.05) is 0 Å². The largest absolute Gasteiger partial charge is 0.316 e. The van der Waals surface area contributed by atoms with Gasteiger partial charge in [-0.25, -0.2) is 9.97 Å². The van der Waals surface area contributed by atoms with Crippen LogP contribution >= 0.6 is 0 Å². The first kappa shape index (κ1) is 30.3. The van der Waals surface area contributed by atoms with E-state index in [0.717, 1.165) is 50.1 Å². The molecule has 3 heterocycles. The zero-order chi connectivity index (χ0) is 35.6. The second-order valence-corrected chi connectivity index (χ2v) is 13.9. The van der Waals surface area contributed by atoms with Crippen LogP contribution in [0.4, 0.5) is 0 Å². The lowest BCUT2D eigenvalue weighted by atomic mass is 9.96. The first-order chi connectivity index (χ1) is 26.8. The number of rotatable bonds is 5. The van der Waals surface area contributed by atoms with Crippen molar-refractivity contribution < 1.29 is 0 Å². The maximum Gasteiger partial charge on any atom is 0.160 e. The molecule has 0 bridgehead atoms. The van der Waals surface area contributed by atoms with E-state index < -0.39 is 0 Å². The highest BCUT2D eigenvalue weighted by Gasteiger charge is 2.17. The molecular weight excluding hydrogens is 657 g/mol. The highest BCUT2D eigenvalue weighted by Crippen LogP contribution is 2.38. The molecule has 11 rings (SSSR count). The van der Waals surface area contributed by atoms with E-state index in [-0.39, 0.29) is 0 Å². The van der Waals surface area contributed by atoms with Gasteiger partial charge in [0, 0.05) is 50.2 Å². The van der Waals surface area contributed by atoms with Gasteiger partial charge in [-0.3, -0.25) is 0 Å². The molecule has 252 valence electrons. The molecule has 0 aliphatic carbocycles. The normalized spacial score (nSPS) is 11.7. The minimum Gasteiger partial charge on any atom is -0.316 e. The van der Waals surface area contributed by atoms with Crippen molar-refractivity contribution in [3.05, 3.63) is 194 Å². The molecule has 4 heteroatoms. The van der Waals surface area contributed by atoms with Gasteiger partial charge in [0.05, 0.1) is 27.8 Å². The van der Waals surface area contributed by atoms with Crippen LogP contribution in [0.1, 0.15) is 0 Å². The lowest BCUT2D eigenvalue weighted by Crippen LogP contribution is -1.98. The van der Waals surface area contributed by atoms with E-state index in [9.17, 15) is 0 Å². The van der Waals surface area contributed by atoms with Gasteiger partial charge in [0.1, 0.15) is 0 Å². The van der Waals surface area contributed by atoms with Crippen molar-refractivity contribution in [2.45, 2.75) is 0 Å². The fourth-order valence-corrected chi connectivity index (χ4v) is 8.18.